The average molecular weight is 267 g/mol. The Morgan fingerprint density at radius 2 is 2.21 bits per heavy atom. The second-order valence-corrected chi connectivity index (χ2v) is 4.59. The number of carbonyl (C=O) groups is 1. The molecular formula is C12H17N3O4. The number of nitrogens with zero attached hydrogens (tertiary/aromatic N) is 2. The van der Waals surface area contributed by atoms with Gasteiger partial charge in [0.1, 0.15) is 0 Å². The standard InChI is InChI=1S/C12H17N3O4/c1-8(2)4-3-7-13-11-10(15(18)19)6-5-9(14-11)12(16)17/h5-6,8H,3-4,7H2,1-2H3,(H,13,14)(H,16,17). The van der Waals surface area contributed by atoms with Crippen LogP contribution >= 0.6 is 0 Å². The number of pyridine rings is 1. The highest BCUT2D eigenvalue weighted by molar-refractivity contribution is 5.86. The lowest BCUT2D eigenvalue weighted by Crippen LogP contribution is -2.10. The SMILES string of the molecule is CC(C)CCCNc1nc(C(=O)O)ccc1[N+](=O)[O-]. The maximum Gasteiger partial charge on any atom is 0.354 e. The van der Waals surface area contributed by atoms with Crippen LogP contribution in [-0.2, 0) is 0 Å². The van der Waals surface area contributed by atoms with Crippen LogP contribution in [0.15, 0.2) is 12.1 Å². The molecule has 0 fully saturated rings. The van der Waals surface area contributed by atoms with Crippen molar-refractivity contribution in [3.63, 3.8) is 0 Å². The summed E-state index contributed by atoms with van der Waals surface area (Å²) in [6.07, 6.45) is 1.83. The Hall–Kier alpha value is -2.18. The van der Waals surface area contributed by atoms with Crippen LogP contribution in [0.5, 0.6) is 0 Å². The van der Waals surface area contributed by atoms with Crippen LogP contribution in [0.4, 0.5) is 11.5 Å². The van der Waals surface area contributed by atoms with Crippen molar-refractivity contribution >= 4 is 17.5 Å². The van der Waals surface area contributed by atoms with E-state index in [-0.39, 0.29) is 17.2 Å². The minimum absolute atomic E-state index is 0.00801. The Kier molecular flexibility index (Phi) is 5.23. The molecule has 0 bridgehead atoms. The molecule has 0 aliphatic heterocycles. The monoisotopic (exact) mass is 267 g/mol. The molecule has 0 spiro atoms. The molecule has 104 valence electrons. The molecule has 19 heavy (non-hydrogen) atoms. The van der Waals surface area contributed by atoms with Gasteiger partial charge < -0.3 is 10.4 Å². The van der Waals surface area contributed by atoms with Crippen molar-refractivity contribution in [2.45, 2.75) is 26.7 Å². The maximum absolute atomic E-state index is 10.8. The minimum atomic E-state index is -1.21. The molecule has 1 aromatic heterocycles. The number of aromatic nitrogens is 1. The van der Waals surface area contributed by atoms with E-state index in [1.807, 2.05) is 0 Å². The smallest absolute Gasteiger partial charge is 0.354 e. The van der Waals surface area contributed by atoms with Gasteiger partial charge >= 0.3 is 11.7 Å². The zero-order valence-corrected chi connectivity index (χ0v) is 10.9. The predicted molar refractivity (Wildman–Crippen MR) is 70.4 cm³/mol. The van der Waals surface area contributed by atoms with Gasteiger partial charge in [-0.1, -0.05) is 13.8 Å². The summed E-state index contributed by atoms with van der Waals surface area (Å²) in [4.78, 5) is 24.8. The van der Waals surface area contributed by atoms with Gasteiger partial charge in [-0.2, -0.15) is 0 Å². The number of rotatable bonds is 7. The highest BCUT2D eigenvalue weighted by Gasteiger charge is 2.17. The van der Waals surface area contributed by atoms with Gasteiger partial charge in [0.25, 0.3) is 0 Å². The van der Waals surface area contributed by atoms with Crippen LogP contribution < -0.4 is 5.32 Å². The molecule has 7 nitrogen and oxygen atoms in total. The van der Waals surface area contributed by atoms with Gasteiger partial charge in [0, 0.05) is 12.6 Å². The van der Waals surface area contributed by atoms with E-state index < -0.39 is 10.9 Å². The normalized spacial score (nSPS) is 10.5. The van der Waals surface area contributed by atoms with E-state index in [9.17, 15) is 14.9 Å². The Bertz CT molecular complexity index is 474. The van der Waals surface area contributed by atoms with Crippen LogP contribution in [0.2, 0.25) is 0 Å². The van der Waals surface area contributed by atoms with Crippen LogP contribution in [0.3, 0.4) is 0 Å². The summed E-state index contributed by atoms with van der Waals surface area (Å²) in [7, 11) is 0. The van der Waals surface area contributed by atoms with E-state index in [1.165, 1.54) is 0 Å². The van der Waals surface area contributed by atoms with E-state index >= 15 is 0 Å². The van der Waals surface area contributed by atoms with E-state index in [1.54, 1.807) is 0 Å². The molecule has 0 unspecified atom stereocenters. The van der Waals surface area contributed by atoms with Crippen molar-refractivity contribution in [1.29, 1.82) is 0 Å². The number of hydrogen-bond donors (Lipinski definition) is 2. The van der Waals surface area contributed by atoms with Gasteiger partial charge in [-0.3, -0.25) is 10.1 Å². The predicted octanol–water partition coefficient (Wildman–Crippen LogP) is 2.54. The summed E-state index contributed by atoms with van der Waals surface area (Å²) in [5, 5.41) is 22.5. The molecule has 0 aliphatic rings. The number of aromatic carboxylic acids is 1. The third-order valence-corrected chi connectivity index (χ3v) is 2.54. The fourth-order valence-corrected chi connectivity index (χ4v) is 1.57. The fraction of sp³-hybridized carbons (Fsp3) is 0.500. The number of hydrogen-bond acceptors (Lipinski definition) is 5. The Morgan fingerprint density at radius 1 is 1.53 bits per heavy atom. The van der Waals surface area contributed by atoms with E-state index in [0.717, 1.165) is 25.0 Å². The first-order chi connectivity index (χ1) is 8.91. The number of nitro groups is 1. The van der Waals surface area contributed by atoms with Crippen molar-refractivity contribution in [2.75, 3.05) is 11.9 Å². The summed E-state index contributed by atoms with van der Waals surface area (Å²) in [6, 6.07) is 2.28. The highest BCUT2D eigenvalue weighted by atomic mass is 16.6. The van der Waals surface area contributed by atoms with Gasteiger partial charge in [-0.15, -0.1) is 0 Å². The number of carboxylic acid groups (broad SMARTS) is 1. The number of nitrogens with one attached hydrogen (secondary N) is 1. The van der Waals surface area contributed by atoms with Crippen LogP contribution in [0, 0.1) is 16.0 Å². The van der Waals surface area contributed by atoms with Gasteiger partial charge in [-0.05, 0) is 24.8 Å². The van der Waals surface area contributed by atoms with E-state index in [2.05, 4.69) is 24.1 Å². The Morgan fingerprint density at radius 3 is 2.74 bits per heavy atom. The molecule has 0 amide bonds. The average Bonchev–Trinajstić information content (AvgIpc) is 2.33. The highest BCUT2D eigenvalue weighted by Crippen LogP contribution is 2.22. The van der Waals surface area contributed by atoms with Crippen molar-refractivity contribution in [1.82, 2.24) is 4.98 Å². The molecule has 0 aliphatic carbocycles. The minimum Gasteiger partial charge on any atom is -0.477 e. The molecule has 7 heteroatoms. The maximum atomic E-state index is 10.8. The van der Waals surface area contributed by atoms with Crippen LogP contribution in [0.1, 0.15) is 37.2 Å². The van der Waals surface area contributed by atoms with Crippen molar-refractivity contribution in [3.8, 4) is 0 Å². The summed E-state index contributed by atoms with van der Waals surface area (Å²) in [5.41, 5.74) is -0.425. The molecule has 0 atom stereocenters. The molecule has 2 N–H and O–H groups in total. The molecule has 0 radical (unpaired) electrons. The fourth-order valence-electron chi connectivity index (χ4n) is 1.57. The van der Waals surface area contributed by atoms with Crippen LogP contribution in [-0.4, -0.2) is 27.5 Å². The third kappa shape index (κ3) is 4.53. The third-order valence-electron chi connectivity index (χ3n) is 2.54. The topological polar surface area (TPSA) is 105 Å². The lowest BCUT2D eigenvalue weighted by molar-refractivity contribution is -0.384. The summed E-state index contributed by atoms with van der Waals surface area (Å²) in [6.45, 7) is 4.70. The number of carboxylic acids is 1. The first-order valence-corrected chi connectivity index (χ1v) is 6.04. The molecule has 1 heterocycles. The van der Waals surface area contributed by atoms with Crippen molar-refractivity contribution in [3.05, 3.63) is 27.9 Å². The summed E-state index contributed by atoms with van der Waals surface area (Å²) >= 11 is 0. The Balaban J connectivity index is 2.80. The first kappa shape index (κ1) is 14.9. The zero-order valence-electron chi connectivity index (χ0n) is 10.9. The summed E-state index contributed by atoms with van der Waals surface area (Å²) < 4.78 is 0. The largest absolute Gasteiger partial charge is 0.477 e. The van der Waals surface area contributed by atoms with Gasteiger partial charge in [-0.25, -0.2) is 9.78 Å². The Labute approximate surface area is 110 Å². The molecule has 0 saturated heterocycles. The van der Waals surface area contributed by atoms with Crippen LogP contribution in [0.25, 0.3) is 0 Å². The molecule has 1 rings (SSSR count). The molecule has 0 aromatic carbocycles. The van der Waals surface area contributed by atoms with Gasteiger partial charge in [0.05, 0.1) is 4.92 Å². The summed E-state index contributed by atoms with van der Waals surface area (Å²) in [5.74, 6) is -0.649. The lowest BCUT2D eigenvalue weighted by Gasteiger charge is -2.08. The van der Waals surface area contributed by atoms with Gasteiger partial charge in [0.2, 0.25) is 5.82 Å². The van der Waals surface area contributed by atoms with Crippen molar-refractivity contribution < 1.29 is 14.8 Å². The van der Waals surface area contributed by atoms with E-state index in [0.29, 0.717) is 12.5 Å². The lowest BCUT2D eigenvalue weighted by atomic mass is 10.1. The van der Waals surface area contributed by atoms with Crippen molar-refractivity contribution in [2.24, 2.45) is 5.92 Å². The molecular weight excluding hydrogens is 250 g/mol. The molecule has 0 saturated carbocycles. The zero-order chi connectivity index (χ0) is 14.4. The molecule has 1 aromatic rings. The first-order valence-electron chi connectivity index (χ1n) is 6.04. The quantitative estimate of drug-likeness (QED) is 0.446. The van der Waals surface area contributed by atoms with E-state index in [4.69, 9.17) is 5.11 Å². The van der Waals surface area contributed by atoms with Gasteiger partial charge in [0.15, 0.2) is 5.69 Å². The number of anilines is 1. The second-order valence-electron chi connectivity index (χ2n) is 4.59. The second kappa shape index (κ2) is 6.67.